The highest BCUT2D eigenvalue weighted by molar-refractivity contribution is 5.49. The number of hydrogen-bond donors (Lipinski definition) is 1. The first-order valence-corrected chi connectivity index (χ1v) is 4.88. The van der Waals surface area contributed by atoms with Crippen LogP contribution < -0.4 is 5.73 Å². The molecule has 2 N–H and O–H groups in total. The fraction of sp³-hybridized carbons (Fsp3) is 0.182. The van der Waals surface area contributed by atoms with E-state index in [2.05, 4.69) is 5.10 Å². The third kappa shape index (κ3) is 1.98. The van der Waals surface area contributed by atoms with E-state index in [1.165, 1.54) is 0 Å². The molecule has 0 spiro atoms. The second-order valence-electron chi connectivity index (χ2n) is 3.64. The summed E-state index contributed by atoms with van der Waals surface area (Å²) in [5.41, 5.74) is 5.07. The number of hydrogen-bond acceptors (Lipinski definition) is 2. The van der Waals surface area contributed by atoms with E-state index in [0.29, 0.717) is 11.3 Å². The number of aromatic nitrogens is 2. The molecule has 0 amide bonds. The molecule has 0 bridgehead atoms. The van der Waals surface area contributed by atoms with Crippen LogP contribution in [0.1, 0.15) is 11.3 Å². The predicted molar refractivity (Wildman–Crippen MR) is 57.7 cm³/mol. The van der Waals surface area contributed by atoms with E-state index in [0.717, 1.165) is 10.9 Å². The number of nitrogens with zero attached hydrogens (tertiary/aromatic N) is 2. The Bertz CT molecular complexity index is 543. The van der Waals surface area contributed by atoms with Gasteiger partial charge in [0.25, 0.3) is 0 Å². The number of aryl methyl sites for hydroxylation is 1. The van der Waals surface area contributed by atoms with Crippen molar-refractivity contribution in [1.82, 2.24) is 9.78 Å². The summed E-state index contributed by atoms with van der Waals surface area (Å²) >= 11 is 0. The molecule has 0 aliphatic carbocycles. The van der Waals surface area contributed by atoms with Gasteiger partial charge in [-0.3, -0.25) is 0 Å². The lowest BCUT2D eigenvalue weighted by molar-refractivity contribution is -0.142. The monoisotopic (exact) mass is 241 g/mol. The zero-order valence-corrected chi connectivity index (χ0v) is 8.99. The quantitative estimate of drug-likeness (QED) is 0.834. The SMILES string of the molecule is Cc1ccccc1-n1ncc(N)c1C(F)(F)F. The predicted octanol–water partition coefficient (Wildman–Crippen LogP) is 2.78. The molecule has 0 radical (unpaired) electrons. The zero-order chi connectivity index (χ0) is 12.6. The van der Waals surface area contributed by atoms with Gasteiger partial charge in [-0.1, -0.05) is 18.2 Å². The Hall–Kier alpha value is -1.98. The van der Waals surface area contributed by atoms with Crippen molar-refractivity contribution >= 4 is 5.69 Å². The Balaban J connectivity index is 2.66. The number of nitrogen functional groups attached to an aromatic ring is 1. The first-order chi connectivity index (χ1) is 7.91. The number of anilines is 1. The number of alkyl halides is 3. The molecular weight excluding hydrogens is 231 g/mol. The van der Waals surface area contributed by atoms with Gasteiger partial charge in [-0.2, -0.15) is 18.3 Å². The summed E-state index contributed by atoms with van der Waals surface area (Å²) in [5, 5.41) is 3.68. The molecule has 0 unspecified atom stereocenters. The molecule has 1 aromatic heterocycles. The van der Waals surface area contributed by atoms with Crippen LogP contribution in [-0.4, -0.2) is 9.78 Å². The Kier molecular flexibility index (Phi) is 2.57. The molecule has 90 valence electrons. The first kappa shape index (κ1) is 11.5. The second-order valence-corrected chi connectivity index (χ2v) is 3.64. The fourth-order valence-electron chi connectivity index (χ4n) is 1.63. The summed E-state index contributed by atoms with van der Waals surface area (Å²) in [6.45, 7) is 1.72. The van der Waals surface area contributed by atoms with E-state index in [1.807, 2.05) is 0 Å². The third-order valence-electron chi connectivity index (χ3n) is 2.41. The van der Waals surface area contributed by atoms with Gasteiger partial charge in [0.2, 0.25) is 0 Å². The summed E-state index contributed by atoms with van der Waals surface area (Å²) < 4.78 is 39.3. The van der Waals surface area contributed by atoms with Crippen LogP contribution in [-0.2, 0) is 6.18 Å². The summed E-state index contributed by atoms with van der Waals surface area (Å²) in [4.78, 5) is 0. The highest BCUT2D eigenvalue weighted by atomic mass is 19.4. The van der Waals surface area contributed by atoms with E-state index in [9.17, 15) is 13.2 Å². The average Bonchev–Trinajstić information content (AvgIpc) is 2.60. The number of rotatable bonds is 1. The summed E-state index contributed by atoms with van der Waals surface area (Å²) in [7, 11) is 0. The van der Waals surface area contributed by atoms with Crippen molar-refractivity contribution in [3.05, 3.63) is 41.7 Å². The molecule has 2 aromatic rings. The molecule has 0 aliphatic rings. The third-order valence-corrected chi connectivity index (χ3v) is 2.41. The molecule has 0 saturated carbocycles. The number of halogens is 3. The van der Waals surface area contributed by atoms with E-state index in [-0.39, 0.29) is 5.69 Å². The lowest BCUT2D eigenvalue weighted by atomic mass is 10.2. The maximum Gasteiger partial charge on any atom is 0.435 e. The maximum absolute atomic E-state index is 12.8. The molecule has 2 rings (SSSR count). The second kappa shape index (κ2) is 3.80. The van der Waals surface area contributed by atoms with Crippen molar-refractivity contribution in [1.29, 1.82) is 0 Å². The van der Waals surface area contributed by atoms with Crippen LogP contribution in [0.5, 0.6) is 0 Å². The van der Waals surface area contributed by atoms with Gasteiger partial charge in [-0.25, -0.2) is 4.68 Å². The van der Waals surface area contributed by atoms with Crippen molar-refractivity contribution < 1.29 is 13.2 Å². The lowest BCUT2D eigenvalue weighted by Gasteiger charge is -2.12. The summed E-state index contributed by atoms with van der Waals surface area (Å²) in [6.07, 6.45) is -3.52. The normalized spacial score (nSPS) is 11.8. The van der Waals surface area contributed by atoms with Crippen LogP contribution >= 0.6 is 0 Å². The Morgan fingerprint density at radius 1 is 1.24 bits per heavy atom. The average molecular weight is 241 g/mol. The summed E-state index contributed by atoms with van der Waals surface area (Å²) in [5.74, 6) is 0. The standard InChI is InChI=1S/C11H10F3N3/c1-7-4-2-3-5-9(7)17-10(11(12,13)14)8(15)6-16-17/h2-6H,15H2,1H3. The molecule has 6 heteroatoms. The van der Waals surface area contributed by atoms with Gasteiger partial charge < -0.3 is 5.73 Å². The zero-order valence-electron chi connectivity index (χ0n) is 8.99. The largest absolute Gasteiger partial charge is 0.435 e. The molecule has 0 saturated heterocycles. The Labute approximate surface area is 95.7 Å². The fourth-order valence-corrected chi connectivity index (χ4v) is 1.63. The van der Waals surface area contributed by atoms with Crippen molar-refractivity contribution in [2.75, 3.05) is 5.73 Å². The highest BCUT2D eigenvalue weighted by Crippen LogP contribution is 2.35. The number of para-hydroxylation sites is 1. The smallest absolute Gasteiger partial charge is 0.396 e. The van der Waals surface area contributed by atoms with E-state index in [1.54, 1.807) is 31.2 Å². The maximum atomic E-state index is 12.8. The minimum atomic E-state index is -4.52. The van der Waals surface area contributed by atoms with Gasteiger partial charge in [0.15, 0.2) is 5.69 Å². The van der Waals surface area contributed by atoms with Crippen LogP contribution in [0.2, 0.25) is 0 Å². The van der Waals surface area contributed by atoms with Gasteiger partial charge in [-0.05, 0) is 18.6 Å². The van der Waals surface area contributed by atoms with Crippen molar-refractivity contribution in [3.8, 4) is 5.69 Å². The molecule has 3 nitrogen and oxygen atoms in total. The van der Waals surface area contributed by atoms with Crippen molar-refractivity contribution in [2.24, 2.45) is 0 Å². The van der Waals surface area contributed by atoms with Gasteiger partial charge in [0, 0.05) is 0 Å². The Morgan fingerprint density at radius 3 is 2.47 bits per heavy atom. The summed E-state index contributed by atoms with van der Waals surface area (Å²) in [6, 6.07) is 6.68. The molecule has 1 heterocycles. The van der Waals surface area contributed by atoms with Gasteiger partial charge in [-0.15, -0.1) is 0 Å². The molecule has 0 aliphatic heterocycles. The Morgan fingerprint density at radius 2 is 1.88 bits per heavy atom. The van der Waals surface area contributed by atoms with E-state index >= 15 is 0 Å². The molecule has 1 aromatic carbocycles. The molecule has 0 atom stereocenters. The van der Waals surface area contributed by atoms with Gasteiger partial charge >= 0.3 is 6.18 Å². The lowest BCUT2D eigenvalue weighted by Crippen LogP contribution is -2.15. The molecule has 17 heavy (non-hydrogen) atoms. The van der Waals surface area contributed by atoms with Crippen molar-refractivity contribution in [2.45, 2.75) is 13.1 Å². The number of benzene rings is 1. The van der Waals surface area contributed by atoms with Crippen LogP contribution in [0, 0.1) is 6.92 Å². The minimum absolute atomic E-state index is 0.372. The van der Waals surface area contributed by atoms with Gasteiger partial charge in [0.05, 0.1) is 17.6 Å². The topological polar surface area (TPSA) is 43.8 Å². The van der Waals surface area contributed by atoms with Gasteiger partial charge in [0.1, 0.15) is 0 Å². The van der Waals surface area contributed by atoms with E-state index in [4.69, 9.17) is 5.73 Å². The van der Waals surface area contributed by atoms with E-state index < -0.39 is 11.9 Å². The number of nitrogens with two attached hydrogens (primary N) is 1. The van der Waals surface area contributed by atoms with Crippen LogP contribution in [0.4, 0.5) is 18.9 Å². The van der Waals surface area contributed by atoms with Crippen molar-refractivity contribution in [3.63, 3.8) is 0 Å². The van der Waals surface area contributed by atoms with Crippen LogP contribution in [0.25, 0.3) is 5.69 Å². The van der Waals surface area contributed by atoms with Crippen LogP contribution in [0.3, 0.4) is 0 Å². The molecular formula is C11H10F3N3. The molecule has 0 fully saturated rings. The van der Waals surface area contributed by atoms with Crippen LogP contribution in [0.15, 0.2) is 30.5 Å². The first-order valence-electron chi connectivity index (χ1n) is 4.88. The minimum Gasteiger partial charge on any atom is -0.396 e. The highest BCUT2D eigenvalue weighted by Gasteiger charge is 2.38.